The van der Waals surface area contributed by atoms with Gasteiger partial charge in [0.2, 0.25) is 0 Å². The Bertz CT molecular complexity index is 804. The molecule has 2 aromatic carbocycles. The number of carbonyl (C=O) groups excluding carboxylic acids is 1. The van der Waals surface area contributed by atoms with Crippen molar-refractivity contribution in [1.29, 1.82) is 5.41 Å². The molecule has 0 saturated carbocycles. The van der Waals surface area contributed by atoms with Crippen LogP contribution in [0.4, 0.5) is 0 Å². The van der Waals surface area contributed by atoms with Gasteiger partial charge >= 0.3 is 0 Å². The van der Waals surface area contributed by atoms with Crippen molar-refractivity contribution in [3.63, 3.8) is 0 Å². The van der Waals surface area contributed by atoms with Crippen molar-refractivity contribution < 1.29 is 9.90 Å². The van der Waals surface area contributed by atoms with Crippen molar-refractivity contribution in [1.82, 2.24) is 0 Å². The molecule has 124 valence electrons. The SMILES string of the molecule is CC(=O)C(C(=N)SCc1ccccc1)=C(O)c1ccc(Cl)cc1Cl. The fourth-order valence-electron chi connectivity index (χ4n) is 2.05. The number of hydrogen-bond acceptors (Lipinski definition) is 4. The lowest BCUT2D eigenvalue weighted by molar-refractivity contribution is -0.113. The molecule has 6 heteroatoms. The average Bonchev–Trinajstić information content (AvgIpc) is 2.53. The monoisotopic (exact) mass is 379 g/mol. The predicted octanol–water partition coefficient (Wildman–Crippen LogP) is 5.76. The lowest BCUT2D eigenvalue weighted by atomic mass is 10.1. The number of rotatable bonds is 5. The third-order valence-electron chi connectivity index (χ3n) is 3.23. The van der Waals surface area contributed by atoms with E-state index in [-0.39, 0.29) is 27.0 Å². The zero-order chi connectivity index (χ0) is 17.7. The molecule has 0 saturated heterocycles. The number of carbonyl (C=O) groups is 1. The van der Waals surface area contributed by atoms with E-state index < -0.39 is 5.78 Å². The van der Waals surface area contributed by atoms with Crippen LogP contribution in [0.1, 0.15) is 18.1 Å². The standard InChI is InChI=1S/C18H15Cl2NO2S/c1-11(22)16(17(23)14-8-7-13(19)9-15(14)20)18(21)24-10-12-5-3-2-4-6-12/h2-9,21,23H,10H2,1H3. The fourth-order valence-corrected chi connectivity index (χ4v) is 3.44. The minimum Gasteiger partial charge on any atom is -0.506 e. The predicted molar refractivity (Wildman–Crippen MR) is 102 cm³/mol. The van der Waals surface area contributed by atoms with Crippen molar-refractivity contribution in [2.75, 3.05) is 0 Å². The van der Waals surface area contributed by atoms with Gasteiger partial charge in [-0.2, -0.15) is 0 Å². The second kappa shape index (κ2) is 8.38. The Morgan fingerprint density at radius 3 is 2.42 bits per heavy atom. The minimum absolute atomic E-state index is 0.00475. The Labute approximate surface area is 154 Å². The summed E-state index contributed by atoms with van der Waals surface area (Å²) in [6.45, 7) is 1.31. The third-order valence-corrected chi connectivity index (χ3v) is 4.75. The normalized spacial score (nSPS) is 11.8. The second-order valence-corrected chi connectivity index (χ2v) is 6.84. The summed E-state index contributed by atoms with van der Waals surface area (Å²) in [5, 5.41) is 19.3. The van der Waals surface area contributed by atoms with Gasteiger partial charge in [-0.3, -0.25) is 10.2 Å². The molecule has 2 N–H and O–H groups in total. The number of aliphatic hydroxyl groups is 1. The average molecular weight is 380 g/mol. The van der Waals surface area contributed by atoms with Crippen molar-refractivity contribution in [2.45, 2.75) is 12.7 Å². The van der Waals surface area contributed by atoms with Gasteiger partial charge in [0.15, 0.2) is 5.78 Å². The highest BCUT2D eigenvalue weighted by atomic mass is 35.5. The lowest BCUT2D eigenvalue weighted by Crippen LogP contribution is -2.10. The summed E-state index contributed by atoms with van der Waals surface area (Å²) in [6.07, 6.45) is 0. The maximum absolute atomic E-state index is 11.9. The lowest BCUT2D eigenvalue weighted by Gasteiger charge is -2.11. The highest BCUT2D eigenvalue weighted by Gasteiger charge is 2.20. The Morgan fingerprint density at radius 2 is 1.83 bits per heavy atom. The number of halogens is 2. The van der Waals surface area contributed by atoms with E-state index in [1.165, 1.54) is 30.8 Å². The summed E-state index contributed by atoms with van der Waals surface area (Å²) in [4.78, 5) is 11.9. The number of thioether (sulfide) groups is 1. The minimum atomic E-state index is -0.399. The highest BCUT2D eigenvalue weighted by Crippen LogP contribution is 2.30. The largest absolute Gasteiger partial charge is 0.506 e. The van der Waals surface area contributed by atoms with Gasteiger partial charge < -0.3 is 5.11 Å². The molecule has 0 fully saturated rings. The van der Waals surface area contributed by atoms with Gasteiger partial charge in [-0.1, -0.05) is 53.5 Å². The van der Waals surface area contributed by atoms with Crippen molar-refractivity contribution in [3.8, 4) is 0 Å². The van der Waals surface area contributed by atoms with Gasteiger partial charge in [0.25, 0.3) is 0 Å². The molecule has 24 heavy (non-hydrogen) atoms. The van der Waals surface area contributed by atoms with E-state index in [1.54, 1.807) is 6.07 Å². The van der Waals surface area contributed by atoms with E-state index >= 15 is 0 Å². The molecular formula is C18H15Cl2NO2S. The van der Waals surface area contributed by atoms with Crippen molar-refractivity contribution in [3.05, 3.63) is 75.3 Å². The first kappa shape index (κ1) is 18.6. The molecule has 2 rings (SSSR count). The Kier molecular flexibility index (Phi) is 6.49. The molecule has 0 radical (unpaired) electrons. The zero-order valence-corrected chi connectivity index (χ0v) is 15.2. The summed E-state index contributed by atoms with van der Waals surface area (Å²) >= 11 is 13.1. The number of ketones is 1. The summed E-state index contributed by atoms with van der Waals surface area (Å²) in [6, 6.07) is 14.2. The summed E-state index contributed by atoms with van der Waals surface area (Å²) in [7, 11) is 0. The molecule has 0 atom stereocenters. The van der Waals surface area contributed by atoms with Gasteiger partial charge in [0.05, 0.1) is 10.6 Å². The Balaban J connectivity index is 2.30. The molecule has 0 aliphatic heterocycles. The molecule has 0 aliphatic rings. The van der Waals surface area contributed by atoms with Gasteiger partial charge in [-0.05, 0) is 30.7 Å². The van der Waals surface area contributed by atoms with Crippen LogP contribution in [-0.2, 0) is 10.5 Å². The van der Waals surface area contributed by atoms with Crippen molar-refractivity contribution >= 4 is 51.5 Å². The number of aliphatic hydroxyl groups excluding tert-OH is 1. The topological polar surface area (TPSA) is 61.2 Å². The number of Topliss-reactive ketones (excluding diaryl/α,β-unsaturated/α-hetero) is 1. The van der Waals surface area contributed by atoms with E-state index in [0.29, 0.717) is 10.8 Å². The van der Waals surface area contributed by atoms with E-state index in [2.05, 4.69) is 0 Å². The first-order chi connectivity index (χ1) is 11.4. The van der Waals surface area contributed by atoms with Gasteiger partial charge in [-0.25, -0.2) is 0 Å². The Hall–Kier alpha value is -1.75. The van der Waals surface area contributed by atoms with Crippen LogP contribution in [0.3, 0.4) is 0 Å². The summed E-state index contributed by atoms with van der Waals surface area (Å²) in [5.74, 6) is -0.184. The number of nitrogens with one attached hydrogen (secondary N) is 1. The van der Waals surface area contributed by atoms with Crippen LogP contribution in [0.25, 0.3) is 5.76 Å². The molecule has 0 heterocycles. The molecule has 0 unspecified atom stereocenters. The van der Waals surface area contributed by atoms with Crippen LogP contribution in [0.2, 0.25) is 10.0 Å². The molecule has 0 amide bonds. The van der Waals surface area contributed by atoms with Crippen LogP contribution in [0, 0.1) is 5.41 Å². The molecule has 2 aromatic rings. The Morgan fingerprint density at radius 1 is 1.17 bits per heavy atom. The van der Waals surface area contributed by atoms with Crippen molar-refractivity contribution in [2.24, 2.45) is 0 Å². The van der Waals surface area contributed by atoms with E-state index in [9.17, 15) is 9.90 Å². The molecule has 0 aliphatic carbocycles. The van der Waals surface area contributed by atoms with Crippen LogP contribution >= 0.6 is 35.0 Å². The van der Waals surface area contributed by atoms with Gasteiger partial charge in [0.1, 0.15) is 10.8 Å². The van der Waals surface area contributed by atoms with Gasteiger partial charge in [-0.15, -0.1) is 11.8 Å². The van der Waals surface area contributed by atoms with E-state index in [4.69, 9.17) is 28.6 Å². The first-order valence-electron chi connectivity index (χ1n) is 7.05. The summed E-state index contributed by atoms with van der Waals surface area (Å²) < 4.78 is 0. The molecule has 3 nitrogen and oxygen atoms in total. The highest BCUT2D eigenvalue weighted by molar-refractivity contribution is 8.13. The molecule has 0 aromatic heterocycles. The molecule has 0 spiro atoms. The second-order valence-electron chi connectivity index (χ2n) is 5.01. The fraction of sp³-hybridized carbons (Fsp3) is 0.111. The van der Waals surface area contributed by atoms with Crippen LogP contribution < -0.4 is 0 Å². The summed E-state index contributed by atoms with van der Waals surface area (Å²) in [5.41, 5.74) is 1.25. The quantitative estimate of drug-likeness (QED) is 0.300. The van der Waals surface area contributed by atoms with Gasteiger partial charge in [0, 0.05) is 16.3 Å². The third kappa shape index (κ3) is 4.63. The van der Waals surface area contributed by atoms with Crippen LogP contribution in [0.5, 0.6) is 0 Å². The molecule has 0 bridgehead atoms. The zero-order valence-electron chi connectivity index (χ0n) is 12.8. The number of benzene rings is 2. The molecular weight excluding hydrogens is 365 g/mol. The van der Waals surface area contributed by atoms with Crippen LogP contribution in [-0.4, -0.2) is 15.9 Å². The first-order valence-corrected chi connectivity index (χ1v) is 8.79. The van der Waals surface area contributed by atoms with Crippen LogP contribution in [0.15, 0.2) is 54.1 Å². The number of hydrogen-bond donors (Lipinski definition) is 2. The maximum Gasteiger partial charge on any atom is 0.166 e. The smallest absolute Gasteiger partial charge is 0.166 e. The maximum atomic E-state index is 11.9. The van der Waals surface area contributed by atoms with E-state index in [1.807, 2.05) is 30.3 Å². The van der Waals surface area contributed by atoms with E-state index in [0.717, 1.165) is 5.56 Å².